The zero-order chi connectivity index (χ0) is 13.0. The van der Waals surface area contributed by atoms with Gasteiger partial charge in [0.2, 0.25) is 0 Å². The molecular formula is C13H14N2O3. The van der Waals surface area contributed by atoms with Crippen molar-refractivity contribution in [2.45, 2.75) is 13.8 Å². The van der Waals surface area contributed by atoms with Crippen molar-refractivity contribution in [2.75, 3.05) is 11.9 Å². The molecule has 0 saturated carbocycles. The summed E-state index contributed by atoms with van der Waals surface area (Å²) < 4.78 is 10.2. The molecule has 2 rings (SSSR count). The van der Waals surface area contributed by atoms with E-state index in [0.29, 0.717) is 18.1 Å². The molecule has 18 heavy (non-hydrogen) atoms. The number of amides is 1. The summed E-state index contributed by atoms with van der Waals surface area (Å²) in [5.41, 5.74) is 0.950. The molecule has 5 heteroatoms. The van der Waals surface area contributed by atoms with Gasteiger partial charge in [0.05, 0.1) is 6.61 Å². The zero-order valence-electron chi connectivity index (χ0n) is 10.3. The Morgan fingerprint density at radius 2 is 2.11 bits per heavy atom. The molecule has 1 aromatic heterocycles. The van der Waals surface area contributed by atoms with Gasteiger partial charge < -0.3 is 14.6 Å². The van der Waals surface area contributed by atoms with Crippen molar-refractivity contribution < 1.29 is 14.1 Å². The predicted octanol–water partition coefficient (Wildman–Crippen LogP) is 2.63. The number of hydrogen-bond acceptors (Lipinski definition) is 4. The van der Waals surface area contributed by atoms with Gasteiger partial charge in [0.1, 0.15) is 11.5 Å². The normalized spacial score (nSPS) is 10.1. The second-order valence-electron chi connectivity index (χ2n) is 3.73. The molecule has 0 atom stereocenters. The SMILES string of the molecule is CCOc1ccc(NC(=O)c2cc(C)on2)cc1. The van der Waals surface area contributed by atoms with E-state index in [1.807, 2.05) is 6.92 Å². The number of benzene rings is 1. The van der Waals surface area contributed by atoms with Crippen LogP contribution >= 0.6 is 0 Å². The van der Waals surface area contributed by atoms with E-state index < -0.39 is 0 Å². The number of anilines is 1. The first-order valence-corrected chi connectivity index (χ1v) is 5.66. The fourth-order valence-corrected chi connectivity index (χ4v) is 1.47. The van der Waals surface area contributed by atoms with Crippen molar-refractivity contribution in [1.29, 1.82) is 0 Å². The molecule has 0 radical (unpaired) electrons. The second-order valence-corrected chi connectivity index (χ2v) is 3.73. The van der Waals surface area contributed by atoms with Crippen LogP contribution in [0.25, 0.3) is 0 Å². The molecular weight excluding hydrogens is 232 g/mol. The standard InChI is InChI=1S/C13H14N2O3/c1-3-17-11-6-4-10(5-7-11)14-13(16)12-8-9(2)18-15-12/h4-8H,3H2,1-2H3,(H,14,16). The highest BCUT2D eigenvalue weighted by molar-refractivity contribution is 6.02. The average Bonchev–Trinajstić information content (AvgIpc) is 2.79. The number of carbonyl (C=O) groups is 1. The molecule has 1 heterocycles. The summed E-state index contributed by atoms with van der Waals surface area (Å²) in [6, 6.07) is 8.73. The van der Waals surface area contributed by atoms with Gasteiger partial charge in [-0.1, -0.05) is 5.16 Å². The molecule has 2 aromatic rings. The van der Waals surface area contributed by atoms with Crippen molar-refractivity contribution >= 4 is 11.6 Å². The Morgan fingerprint density at radius 1 is 1.39 bits per heavy atom. The van der Waals surface area contributed by atoms with Crippen LogP contribution in [0.15, 0.2) is 34.9 Å². The van der Waals surface area contributed by atoms with Crippen LogP contribution in [-0.2, 0) is 0 Å². The van der Waals surface area contributed by atoms with Gasteiger partial charge in [-0.05, 0) is 38.1 Å². The summed E-state index contributed by atoms with van der Waals surface area (Å²) in [7, 11) is 0. The van der Waals surface area contributed by atoms with Crippen molar-refractivity contribution in [3.8, 4) is 5.75 Å². The number of nitrogens with zero attached hydrogens (tertiary/aromatic N) is 1. The molecule has 0 aliphatic heterocycles. The van der Waals surface area contributed by atoms with Gasteiger partial charge >= 0.3 is 0 Å². The third-order valence-electron chi connectivity index (χ3n) is 2.28. The highest BCUT2D eigenvalue weighted by Gasteiger charge is 2.10. The lowest BCUT2D eigenvalue weighted by Gasteiger charge is -2.05. The topological polar surface area (TPSA) is 64.4 Å². The van der Waals surface area contributed by atoms with E-state index in [1.165, 1.54) is 0 Å². The fourth-order valence-electron chi connectivity index (χ4n) is 1.47. The third-order valence-corrected chi connectivity index (χ3v) is 2.28. The lowest BCUT2D eigenvalue weighted by atomic mass is 10.3. The molecule has 0 spiro atoms. The van der Waals surface area contributed by atoms with E-state index in [1.54, 1.807) is 37.3 Å². The van der Waals surface area contributed by atoms with Gasteiger partial charge in [-0.3, -0.25) is 4.79 Å². The van der Waals surface area contributed by atoms with E-state index in [-0.39, 0.29) is 11.6 Å². The maximum atomic E-state index is 11.8. The van der Waals surface area contributed by atoms with E-state index in [2.05, 4.69) is 10.5 Å². The minimum atomic E-state index is -0.295. The summed E-state index contributed by atoms with van der Waals surface area (Å²) in [5, 5.41) is 6.37. The summed E-state index contributed by atoms with van der Waals surface area (Å²) in [6.45, 7) is 4.27. The Kier molecular flexibility index (Phi) is 3.62. The monoisotopic (exact) mass is 246 g/mol. The predicted molar refractivity (Wildman–Crippen MR) is 66.8 cm³/mol. The van der Waals surface area contributed by atoms with Crippen LogP contribution in [0.2, 0.25) is 0 Å². The van der Waals surface area contributed by atoms with E-state index >= 15 is 0 Å². The Labute approximate surface area is 105 Å². The maximum absolute atomic E-state index is 11.8. The number of aryl methyl sites for hydroxylation is 1. The molecule has 0 unspecified atom stereocenters. The number of rotatable bonds is 4. The average molecular weight is 246 g/mol. The number of carbonyl (C=O) groups excluding carboxylic acids is 1. The maximum Gasteiger partial charge on any atom is 0.277 e. The van der Waals surface area contributed by atoms with Crippen LogP contribution in [0.1, 0.15) is 23.2 Å². The summed E-state index contributed by atoms with van der Waals surface area (Å²) in [4.78, 5) is 11.8. The molecule has 0 saturated heterocycles. The van der Waals surface area contributed by atoms with Gasteiger partial charge in [-0.2, -0.15) is 0 Å². The summed E-state index contributed by atoms with van der Waals surface area (Å²) in [5.74, 6) is 1.08. The van der Waals surface area contributed by atoms with Crippen LogP contribution < -0.4 is 10.1 Å². The molecule has 0 bridgehead atoms. The third kappa shape index (κ3) is 2.88. The fraction of sp³-hybridized carbons (Fsp3) is 0.231. The molecule has 1 amide bonds. The number of ether oxygens (including phenoxy) is 1. The van der Waals surface area contributed by atoms with Gasteiger partial charge in [-0.15, -0.1) is 0 Å². The van der Waals surface area contributed by atoms with Crippen LogP contribution in [0.5, 0.6) is 5.75 Å². The quantitative estimate of drug-likeness (QED) is 0.900. The number of nitrogens with one attached hydrogen (secondary N) is 1. The Bertz CT molecular complexity index is 531. The second kappa shape index (κ2) is 5.35. The molecule has 1 aromatic carbocycles. The lowest BCUT2D eigenvalue weighted by Crippen LogP contribution is -2.12. The minimum Gasteiger partial charge on any atom is -0.494 e. The van der Waals surface area contributed by atoms with Crippen LogP contribution in [0.3, 0.4) is 0 Å². The van der Waals surface area contributed by atoms with Gasteiger partial charge in [0.25, 0.3) is 5.91 Å². The molecule has 0 fully saturated rings. The van der Waals surface area contributed by atoms with Gasteiger partial charge in [0.15, 0.2) is 5.69 Å². The molecule has 5 nitrogen and oxygen atoms in total. The van der Waals surface area contributed by atoms with E-state index in [9.17, 15) is 4.79 Å². The van der Waals surface area contributed by atoms with Crippen molar-refractivity contribution in [3.63, 3.8) is 0 Å². The van der Waals surface area contributed by atoms with Crippen molar-refractivity contribution in [1.82, 2.24) is 5.16 Å². The molecule has 94 valence electrons. The lowest BCUT2D eigenvalue weighted by molar-refractivity contribution is 0.101. The first kappa shape index (κ1) is 12.2. The smallest absolute Gasteiger partial charge is 0.277 e. The van der Waals surface area contributed by atoms with Crippen LogP contribution in [0, 0.1) is 6.92 Å². The van der Waals surface area contributed by atoms with E-state index in [4.69, 9.17) is 9.26 Å². The number of hydrogen-bond donors (Lipinski definition) is 1. The molecule has 0 aliphatic carbocycles. The Hall–Kier alpha value is -2.30. The van der Waals surface area contributed by atoms with Crippen molar-refractivity contribution in [2.24, 2.45) is 0 Å². The van der Waals surface area contributed by atoms with Gasteiger partial charge in [-0.25, -0.2) is 0 Å². The van der Waals surface area contributed by atoms with Crippen molar-refractivity contribution in [3.05, 3.63) is 41.8 Å². The minimum absolute atomic E-state index is 0.265. The highest BCUT2D eigenvalue weighted by Crippen LogP contribution is 2.16. The Morgan fingerprint density at radius 3 is 2.67 bits per heavy atom. The highest BCUT2D eigenvalue weighted by atomic mass is 16.5. The zero-order valence-corrected chi connectivity index (χ0v) is 10.3. The Balaban J connectivity index is 2.03. The summed E-state index contributed by atoms with van der Waals surface area (Å²) >= 11 is 0. The van der Waals surface area contributed by atoms with E-state index in [0.717, 1.165) is 5.75 Å². The largest absolute Gasteiger partial charge is 0.494 e. The van der Waals surface area contributed by atoms with Crippen LogP contribution in [0.4, 0.5) is 5.69 Å². The number of aromatic nitrogens is 1. The van der Waals surface area contributed by atoms with Crippen LogP contribution in [-0.4, -0.2) is 17.7 Å². The summed E-state index contributed by atoms with van der Waals surface area (Å²) in [6.07, 6.45) is 0. The first-order chi connectivity index (χ1) is 8.69. The first-order valence-electron chi connectivity index (χ1n) is 5.66. The molecule has 1 N–H and O–H groups in total. The molecule has 0 aliphatic rings. The van der Waals surface area contributed by atoms with Gasteiger partial charge in [0, 0.05) is 11.8 Å².